The maximum atomic E-state index is 12.3. The van der Waals surface area contributed by atoms with Crippen molar-refractivity contribution in [3.63, 3.8) is 0 Å². The van der Waals surface area contributed by atoms with E-state index >= 15 is 0 Å². The van der Waals surface area contributed by atoms with Crippen LogP contribution in [0.5, 0.6) is 0 Å². The van der Waals surface area contributed by atoms with Crippen molar-refractivity contribution in [3.8, 4) is 0 Å². The van der Waals surface area contributed by atoms with Gasteiger partial charge in [0.2, 0.25) is 5.89 Å². The third-order valence-electron chi connectivity index (χ3n) is 4.33. The maximum absolute atomic E-state index is 12.3. The smallest absolute Gasteiger partial charge is 0.276 e. The molecule has 2 amide bonds. The lowest BCUT2D eigenvalue weighted by Crippen LogP contribution is -2.30. The summed E-state index contributed by atoms with van der Waals surface area (Å²) in [4.78, 5) is 30.3. The number of fused-ring (bicyclic) bond motifs is 1. The van der Waals surface area contributed by atoms with Gasteiger partial charge in [-0.05, 0) is 31.9 Å². The summed E-state index contributed by atoms with van der Waals surface area (Å²) in [5, 5.41) is 11.6. The second-order valence-electron chi connectivity index (χ2n) is 6.36. The van der Waals surface area contributed by atoms with Gasteiger partial charge < -0.3 is 4.42 Å². The van der Waals surface area contributed by atoms with Crippen LogP contribution in [-0.4, -0.2) is 44.2 Å². The van der Waals surface area contributed by atoms with Crippen molar-refractivity contribution in [1.82, 2.24) is 20.1 Å². The fourth-order valence-corrected chi connectivity index (χ4v) is 4.38. The van der Waals surface area contributed by atoms with E-state index < -0.39 is 0 Å². The maximum Gasteiger partial charge on any atom is 0.276 e. The van der Waals surface area contributed by atoms with E-state index in [0.717, 1.165) is 29.3 Å². The van der Waals surface area contributed by atoms with Crippen LogP contribution in [0.1, 0.15) is 50.1 Å². The van der Waals surface area contributed by atoms with Gasteiger partial charge in [0.05, 0.1) is 28.2 Å². The third kappa shape index (κ3) is 4.00. The number of amides is 2. The van der Waals surface area contributed by atoms with Gasteiger partial charge in [-0.15, -0.1) is 21.5 Å². The molecule has 0 N–H and O–H groups in total. The van der Waals surface area contributed by atoms with Gasteiger partial charge in [0.15, 0.2) is 0 Å². The lowest BCUT2D eigenvalue weighted by molar-refractivity contribution is 0.0652. The molecule has 7 nitrogen and oxygen atoms in total. The van der Waals surface area contributed by atoms with Crippen molar-refractivity contribution >= 4 is 34.9 Å². The number of carbonyl (C=O) groups excluding carboxylic acids is 2. The van der Waals surface area contributed by atoms with Crippen LogP contribution in [0.3, 0.4) is 0 Å². The fraction of sp³-hybridized carbons (Fsp3) is 0.316. The molecule has 28 heavy (non-hydrogen) atoms. The zero-order valence-corrected chi connectivity index (χ0v) is 16.9. The predicted molar refractivity (Wildman–Crippen MR) is 106 cm³/mol. The van der Waals surface area contributed by atoms with E-state index in [4.69, 9.17) is 4.42 Å². The van der Waals surface area contributed by atoms with Gasteiger partial charge in [-0.25, -0.2) is 4.98 Å². The largest absolute Gasteiger partial charge is 0.416 e. The Bertz CT molecular complexity index is 979. The van der Waals surface area contributed by atoms with Crippen molar-refractivity contribution in [2.75, 3.05) is 12.3 Å². The number of thiazole rings is 1. The molecule has 4 rings (SSSR count). The van der Waals surface area contributed by atoms with E-state index in [-0.39, 0.29) is 11.8 Å². The minimum Gasteiger partial charge on any atom is -0.416 e. The van der Waals surface area contributed by atoms with E-state index in [1.807, 2.05) is 12.3 Å². The molecule has 0 atom stereocenters. The minimum atomic E-state index is -0.202. The zero-order valence-electron chi connectivity index (χ0n) is 15.3. The van der Waals surface area contributed by atoms with Crippen LogP contribution < -0.4 is 0 Å². The molecule has 0 spiro atoms. The molecule has 9 heteroatoms. The number of carbonyl (C=O) groups is 2. The van der Waals surface area contributed by atoms with Crippen LogP contribution >= 0.6 is 23.1 Å². The highest BCUT2D eigenvalue weighted by Crippen LogP contribution is 2.24. The Morgan fingerprint density at radius 3 is 2.54 bits per heavy atom. The number of unbranched alkanes of at least 4 members (excludes halogenated alkanes) is 1. The number of aryl methyl sites for hydroxylation is 1. The van der Waals surface area contributed by atoms with Gasteiger partial charge in [-0.2, -0.15) is 0 Å². The molecule has 0 unspecified atom stereocenters. The molecular formula is C19H18N4O3S2. The standard InChI is InChI=1S/C19H18N4O3S2/c1-12-20-13(11-28-12)10-16-21-22-19(26-16)27-9-5-4-8-23-17(24)14-6-2-3-7-15(14)18(23)25/h2-3,6-7,11H,4-5,8-10H2,1H3. The summed E-state index contributed by atoms with van der Waals surface area (Å²) in [6.07, 6.45) is 2.11. The molecule has 0 saturated carbocycles. The molecule has 3 aromatic rings. The van der Waals surface area contributed by atoms with Crippen LogP contribution in [0.2, 0.25) is 0 Å². The highest BCUT2D eigenvalue weighted by Gasteiger charge is 2.34. The molecule has 0 bridgehead atoms. The summed E-state index contributed by atoms with van der Waals surface area (Å²) in [6.45, 7) is 2.39. The van der Waals surface area contributed by atoms with Crippen molar-refractivity contribution in [2.24, 2.45) is 0 Å². The minimum absolute atomic E-state index is 0.202. The first-order valence-corrected chi connectivity index (χ1v) is 10.8. The molecule has 1 aromatic carbocycles. The van der Waals surface area contributed by atoms with E-state index in [1.165, 1.54) is 16.7 Å². The number of benzene rings is 1. The Hall–Kier alpha value is -2.52. The SMILES string of the molecule is Cc1nc(Cc2nnc(SCCCCN3C(=O)c4ccccc4C3=O)o2)cs1. The van der Waals surface area contributed by atoms with Crippen molar-refractivity contribution in [2.45, 2.75) is 31.4 Å². The lowest BCUT2D eigenvalue weighted by Gasteiger charge is -2.13. The van der Waals surface area contributed by atoms with Crippen LogP contribution in [0.4, 0.5) is 0 Å². The monoisotopic (exact) mass is 414 g/mol. The van der Waals surface area contributed by atoms with Crippen LogP contribution in [0.25, 0.3) is 0 Å². The molecule has 1 aliphatic rings. The van der Waals surface area contributed by atoms with Gasteiger partial charge in [-0.3, -0.25) is 14.5 Å². The van der Waals surface area contributed by atoms with Crippen molar-refractivity contribution in [1.29, 1.82) is 0 Å². The molecule has 144 valence electrons. The Balaban J connectivity index is 1.21. The number of hydrogen-bond acceptors (Lipinski definition) is 8. The number of rotatable bonds is 8. The summed E-state index contributed by atoms with van der Waals surface area (Å²) in [5.74, 6) is 0.929. The Morgan fingerprint density at radius 2 is 1.86 bits per heavy atom. The molecule has 0 saturated heterocycles. The van der Waals surface area contributed by atoms with Gasteiger partial charge >= 0.3 is 0 Å². The van der Waals surface area contributed by atoms with E-state index in [0.29, 0.717) is 35.2 Å². The summed E-state index contributed by atoms with van der Waals surface area (Å²) < 4.78 is 5.64. The van der Waals surface area contributed by atoms with Gasteiger partial charge in [0, 0.05) is 17.7 Å². The topological polar surface area (TPSA) is 89.2 Å². The summed E-state index contributed by atoms with van der Waals surface area (Å²) in [7, 11) is 0. The van der Waals surface area contributed by atoms with E-state index in [9.17, 15) is 9.59 Å². The summed E-state index contributed by atoms with van der Waals surface area (Å²) >= 11 is 3.08. The van der Waals surface area contributed by atoms with Crippen LogP contribution in [0.15, 0.2) is 39.3 Å². The third-order valence-corrected chi connectivity index (χ3v) is 6.05. The number of hydrogen-bond donors (Lipinski definition) is 0. The quantitative estimate of drug-likeness (QED) is 0.316. The zero-order chi connectivity index (χ0) is 19.5. The molecule has 1 aliphatic heterocycles. The highest BCUT2D eigenvalue weighted by molar-refractivity contribution is 7.99. The van der Waals surface area contributed by atoms with Crippen molar-refractivity contribution < 1.29 is 14.0 Å². The second kappa shape index (κ2) is 8.24. The molecular weight excluding hydrogens is 396 g/mol. The second-order valence-corrected chi connectivity index (χ2v) is 8.47. The Labute approximate surface area is 170 Å². The average molecular weight is 415 g/mol. The van der Waals surface area contributed by atoms with E-state index in [1.54, 1.807) is 35.6 Å². The molecule has 3 heterocycles. The number of aromatic nitrogens is 3. The van der Waals surface area contributed by atoms with E-state index in [2.05, 4.69) is 15.2 Å². The van der Waals surface area contributed by atoms with Gasteiger partial charge in [-0.1, -0.05) is 23.9 Å². The first-order chi connectivity index (χ1) is 13.6. The highest BCUT2D eigenvalue weighted by atomic mass is 32.2. The van der Waals surface area contributed by atoms with Crippen LogP contribution in [-0.2, 0) is 6.42 Å². The van der Waals surface area contributed by atoms with Gasteiger partial charge in [0.25, 0.3) is 17.0 Å². The lowest BCUT2D eigenvalue weighted by atomic mass is 10.1. The van der Waals surface area contributed by atoms with Crippen molar-refractivity contribution in [3.05, 3.63) is 57.4 Å². The number of nitrogens with zero attached hydrogens (tertiary/aromatic N) is 4. The Morgan fingerprint density at radius 1 is 1.11 bits per heavy atom. The molecule has 0 fully saturated rings. The molecule has 0 aliphatic carbocycles. The molecule has 0 radical (unpaired) electrons. The number of imide groups is 1. The molecule has 2 aromatic heterocycles. The average Bonchev–Trinajstić information content (AvgIpc) is 3.37. The first kappa shape index (κ1) is 18.8. The Kier molecular flexibility index (Phi) is 5.54. The summed E-state index contributed by atoms with van der Waals surface area (Å²) in [5.41, 5.74) is 1.93. The first-order valence-electron chi connectivity index (χ1n) is 8.93. The normalized spacial score (nSPS) is 13.4. The summed E-state index contributed by atoms with van der Waals surface area (Å²) in [6, 6.07) is 6.95. The van der Waals surface area contributed by atoms with Crippen LogP contribution in [0, 0.1) is 6.92 Å². The fourth-order valence-electron chi connectivity index (χ4n) is 2.99. The number of thioether (sulfide) groups is 1. The predicted octanol–water partition coefficient (Wildman–Crippen LogP) is 3.59. The van der Waals surface area contributed by atoms with Gasteiger partial charge in [0.1, 0.15) is 0 Å².